The van der Waals surface area contributed by atoms with Crippen molar-refractivity contribution in [2.24, 2.45) is 0 Å². The van der Waals surface area contributed by atoms with Gasteiger partial charge in [-0.2, -0.15) is 4.98 Å². The smallest absolute Gasteiger partial charge is 0.229 e. The van der Waals surface area contributed by atoms with E-state index in [1.54, 1.807) is 12.1 Å². The molecule has 0 amide bonds. The maximum atomic E-state index is 13.3. The van der Waals surface area contributed by atoms with Crippen LogP contribution in [0, 0.1) is 19.7 Å². The lowest BCUT2D eigenvalue weighted by Crippen LogP contribution is -2.05. The van der Waals surface area contributed by atoms with Crippen molar-refractivity contribution in [2.45, 2.75) is 20.4 Å². The van der Waals surface area contributed by atoms with E-state index in [9.17, 15) is 4.39 Å². The summed E-state index contributed by atoms with van der Waals surface area (Å²) >= 11 is 0. The lowest BCUT2D eigenvalue weighted by atomic mass is 10.1. The number of benzene rings is 2. The van der Waals surface area contributed by atoms with Gasteiger partial charge in [-0.1, -0.05) is 35.9 Å². The molecule has 1 heterocycles. The molecule has 2 aromatic carbocycles. The highest BCUT2D eigenvalue weighted by Gasteiger charge is 2.04. The van der Waals surface area contributed by atoms with Crippen molar-refractivity contribution in [3.8, 4) is 0 Å². The van der Waals surface area contributed by atoms with Crippen LogP contribution < -0.4 is 10.6 Å². The average Bonchev–Trinajstić information content (AvgIpc) is 2.52. The minimum atomic E-state index is -0.301. The van der Waals surface area contributed by atoms with Crippen molar-refractivity contribution in [3.63, 3.8) is 0 Å². The Morgan fingerprint density at radius 1 is 0.958 bits per heavy atom. The predicted octanol–water partition coefficient (Wildman–Crippen LogP) is 4.59. The first-order chi connectivity index (χ1) is 11.6. The van der Waals surface area contributed by atoms with Crippen LogP contribution >= 0.6 is 0 Å². The van der Waals surface area contributed by atoms with Crippen LogP contribution in [0.15, 0.2) is 54.6 Å². The molecule has 3 aromatic rings. The molecule has 0 bridgehead atoms. The third kappa shape index (κ3) is 4.29. The van der Waals surface area contributed by atoms with E-state index in [2.05, 4.69) is 45.7 Å². The van der Waals surface area contributed by atoms with Crippen LogP contribution in [0.1, 0.15) is 16.8 Å². The van der Waals surface area contributed by atoms with E-state index in [0.717, 1.165) is 11.5 Å². The molecule has 3 rings (SSSR count). The van der Waals surface area contributed by atoms with Gasteiger partial charge in [-0.15, -0.1) is 0 Å². The summed E-state index contributed by atoms with van der Waals surface area (Å²) in [6, 6.07) is 16.4. The second-order valence-corrected chi connectivity index (χ2v) is 5.70. The van der Waals surface area contributed by atoms with Crippen LogP contribution in [0.3, 0.4) is 0 Å². The first kappa shape index (κ1) is 15.9. The Kier molecular flexibility index (Phi) is 4.70. The zero-order chi connectivity index (χ0) is 16.9. The fourth-order valence-corrected chi connectivity index (χ4v) is 2.43. The molecule has 0 unspecified atom stereocenters. The number of rotatable bonds is 5. The lowest BCUT2D eigenvalue weighted by Gasteiger charge is -2.10. The highest BCUT2D eigenvalue weighted by atomic mass is 19.1. The van der Waals surface area contributed by atoms with Crippen LogP contribution in [0.25, 0.3) is 0 Å². The van der Waals surface area contributed by atoms with Crippen molar-refractivity contribution >= 4 is 17.5 Å². The number of nitrogens with one attached hydrogen (secondary N) is 2. The molecule has 5 heteroatoms. The van der Waals surface area contributed by atoms with Crippen molar-refractivity contribution in [2.75, 3.05) is 10.6 Å². The summed E-state index contributed by atoms with van der Waals surface area (Å²) in [4.78, 5) is 8.78. The Hall–Kier alpha value is -2.95. The SMILES string of the molecule is Cc1cccc(CNc2cc(C)nc(Nc3cccc(F)c3)n2)c1. The molecule has 0 fully saturated rings. The van der Waals surface area contributed by atoms with Gasteiger partial charge in [0.15, 0.2) is 0 Å². The largest absolute Gasteiger partial charge is 0.366 e. The molecule has 2 N–H and O–H groups in total. The molecule has 0 aliphatic heterocycles. The van der Waals surface area contributed by atoms with E-state index in [4.69, 9.17) is 0 Å². The van der Waals surface area contributed by atoms with Crippen LogP contribution in [0.2, 0.25) is 0 Å². The number of nitrogens with zero attached hydrogens (tertiary/aromatic N) is 2. The molecule has 122 valence electrons. The first-order valence-corrected chi connectivity index (χ1v) is 7.76. The summed E-state index contributed by atoms with van der Waals surface area (Å²) in [7, 11) is 0. The molecule has 1 aromatic heterocycles. The average molecular weight is 322 g/mol. The number of aryl methyl sites for hydroxylation is 2. The minimum absolute atomic E-state index is 0.301. The van der Waals surface area contributed by atoms with Gasteiger partial charge >= 0.3 is 0 Å². The molecule has 0 radical (unpaired) electrons. The van der Waals surface area contributed by atoms with Crippen molar-refractivity contribution in [3.05, 3.63) is 77.2 Å². The zero-order valence-corrected chi connectivity index (χ0v) is 13.7. The Bertz CT molecular complexity index is 848. The monoisotopic (exact) mass is 322 g/mol. The first-order valence-electron chi connectivity index (χ1n) is 7.76. The van der Waals surface area contributed by atoms with Gasteiger partial charge in [-0.05, 0) is 37.6 Å². The maximum absolute atomic E-state index is 13.3. The molecular weight excluding hydrogens is 303 g/mol. The normalized spacial score (nSPS) is 10.5. The van der Waals surface area contributed by atoms with E-state index >= 15 is 0 Å². The standard InChI is InChI=1S/C19H19FN4/c1-13-5-3-6-15(9-13)12-21-18-10-14(2)22-19(24-18)23-17-8-4-7-16(20)11-17/h3-11H,12H2,1-2H3,(H2,21,22,23,24). The van der Waals surface area contributed by atoms with Crippen LogP contribution in [-0.4, -0.2) is 9.97 Å². The van der Waals surface area contributed by atoms with Gasteiger partial charge in [0.2, 0.25) is 5.95 Å². The fraction of sp³-hybridized carbons (Fsp3) is 0.158. The number of halogens is 1. The number of anilines is 3. The number of hydrogen-bond donors (Lipinski definition) is 2. The summed E-state index contributed by atoms with van der Waals surface area (Å²) in [6.45, 7) is 4.65. The second-order valence-electron chi connectivity index (χ2n) is 5.70. The molecule has 4 nitrogen and oxygen atoms in total. The highest BCUT2D eigenvalue weighted by Crippen LogP contribution is 2.17. The molecule has 0 aliphatic rings. The summed E-state index contributed by atoms with van der Waals surface area (Å²) in [5.41, 5.74) is 3.86. The fourth-order valence-electron chi connectivity index (χ4n) is 2.43. The van der Waals surface area contributed by atoms with E-state index in [0.29, 0.717) is 18.2 Å². The van der Waals surface area contributed by atoms with Gasteiger partial charge < -0.3 is 10.6 Å². The Morgan fingerprint density at radius 3 is 2.58 bits per heavy atom. The minimum Gasteiger partial charge on any atom is -0.366 e. The highest BCUT2D eigenvalue weighted by molar-refractivity contribution is 5.55. The molecule has 0 saturated heterocycles. The summed E-state index contributed by atoms with van der Waals surface area (Å²) in [6.07, 6.45) is 0. The molecule has 0 spiro atoms. The molecule has 0 atom stereocenters. The van der Waals surface area contributed by atoms with Gasteiger partial charge in [-0.3, -0.25) is 0 Å². The van der Waals surface area contributed by atoms with Gasteiger partial charge in [0.25, 0.3) is 0 Å². The van der Waals surface area contributed by atoms with Crippen LogP contribution in [0.5, 0.6) is 0 Å². The van der Waals surface area contributed by atoms with Crippen LogP contribution in [0.4, 0.5) is 21.8 Å². The Morgan fingerprint density at radius 2 is 1.79 bits per heavy atom. The second kappa shape index (κ2) is 7.08. The number of hydrogen-bond acceptors (Lipinski definition) is 4. The predicted molar refractivity (Wildman–Crippen MR) is 95.0 cm³/mol. The lowest BCUT2D eigenvalue weighted by molar-refractivity contribution is 0.628. The van der Waals surface area contributed by atoms with Gasteiger partial charge in [-0.25, -0.2) is 9.37 Å². The number of aromatic nitrogens is 2. The quantitative estimate of drug-likeness (QED) is 0.721. The third-order valence-electron chi connectivity index (χ3n) is 3.49. The Labute approximate surface area is 140 Å². The third-order valence-corrected chi connectivity index (χ3v) is 3.49. The summed E-state index contributed by atoms with van der Waals surface area (Å²) in [5.74, 6) is 0.862. The maximum Gasteiger partial charge on any atom is 0.229 e. The molecule has 24 heavy (non-hydrogen) atoms. The summed E-state index contributed by atoms with van der Waals surface area (Å²) < 4.78 is 13.3. The molecule has 0 aliphatic carbocycles. The van der Waals surface area contributed by atoms with E-state index in [1.165, 1.54) is 23.3 Å². The van der Waals surface area contributed by atoms with Gasteiger partial charge in [0.05, 0.1) is 0 Å². The summed E-state index contributed by atoms with van der Waals surface area (Å²) in [5, 5.41) is 6.33. The topological polar surface area (TPSA) is 49.8 Å². The molecular formula is C19H19FN4. The van der Waals surface area contributed by atoms with Crippen LogP contribution in [-0.2, 0) is 6.54 Å². The van der Waals surface area contributed by atoms with Gasteiger partial charge in [0, 0.05) is 24.0 Å². The van der Waals surface area contributed by atoms with Gasteiger partial charge in [0.1, 0.15) is 11.6 Å². The Balaban J connectivity index is 1.73. The van der Waals surface area contributed by atoms with E-state index in [1.807, 2.05) is 19.1 Å². The zero-order valence-electron chi connectivity index (χ0n) is 13.7. The van der Waals surface area contributed by atoms with Crippen molar-refractivity contribution in [1.82, 2.24) is 9.97 Å². The molecule has 0 saturated carbocycles. The van der Waals surface area contributed by atoms with Crippen molar-refractivity contribution in [1.29, 1.82) is 0 Å². The van der Waals surface area contributed by atoms with Crippen molar-refractivity contribution < 1.29 is 4.39 Å². The van der Waals surface area contributed by atoms with E-state index < -0.39 is 0 Å². The van der Waals surface area contributed by atoms with E-state index in [-0.39, 0.29) is 5.82 Å².